The second-order valence-electron chi connectivity index (χ2n) is 3.66. The van der Waals surface area contributed by atoms with Gasteiger partial charge >= 0.3 is 0 Å². The van der Waals surface area contributed by atoms with Crippen LogP contribution in [0.25, 0.3) is 0 Å². The molecule has 0 heterocycles. The second-order valence-corrected chi connectivity index (χ2v) is 3.66. The standard InChI is InChI=1S/C9H17NO2/c1-7(2)8(11)9(3,4)6-10-12-5/h6-7H,1-5H3. The molecule has 0 aliphatic carbocycles. The van der Waals surface area contributed by atoms with Crippen LogP contribution in [0.2, 0.25) is 0 Å². The smallest absolute Gasteiger partial charge is 0.146 e. The van der Waals surface area contributed by atoms with Gasteiger partial charge in [0.05, 0.1) is 11.6 Å². The Balaban J connectivity index is 4.39. The minimum Gasteiger partial charge on any atom is -0.399 e. The number of carbonyl (C=O) groups is 1. The third kappa shape index (κ3) is 3.03. The van der Waals surface area contributed by atoms with Gasteiger partial charge in [0.15, 0.2) is 0 Å². The molecule has 3 heteroatoms. The SMILES string of the molecule is CON=CC(C)(C)C(=O)C(C)C. The average Bonchev–Trinajstić information content (AvgIpc) is 1.99. The van der Waals surface area contributed by atoms with Crippen molar-refractivity contribution in [2.45, 2.75) is 27.7 Å². The predicted molar refractivity (Wildman–Crippen MR) is 49.1 cm³/mol. The summed E-state index contributed by atoms with van der Waals surface area (Å²) in [5.74, 6) is 0.201. The van der Waals surface area contributed by atoms with Gasteiger partial charge in [-0.1, -0.05) is 19.0 Å². The van der Waals surface area contributed by atoms with Crippen molar-refractivity contribution in [2.75, 3.05) is 7.11 Å². The highest BCUT2D eigenvalue weighted by molar-refractivity contribution is 5.99. The Hall–Kier alpha value is -0.860. The van der Waals surface area contributed by atoms with E-state index in [9.17, 15) is 4.79 Å². The Labute approximate surface area is 73.8 Å². The minimum atomic E-state index is -0.524. The van der Waals surface area contributed by atoms with Crippen molar-refractivity contribution in [3.05, 3.63) is 0 Å². The van der Waals surface area contributed by atoms with Gasteiger partial charge in [0, 0.05) is 5.92 Å². The maximum atomic E-state index is 11.5. The summed E-state index contributed by atoms with van der Waals surface area (Å²) in [6, 6.07) is 0. The lowest BCUT2D eigenvalue weighted by Gasteiger charge is -2.19. The van der Waals surface area contributed by atoms with E-state index < -0.39 is 5.41 Å². The summed E-state index contributed by atoms with van der Waals surface area (Å²) in [6.07, 6.45) is 1.54. The molecule has 0 saturated carbocycles. The summed E-state index contributed by atoms with van der Waals surface area (Å²) in [7, 11) is 1.46. The van der Waals surface area contributed by atoms with E-state index >= 15 is 0 Å². The molecule has 0 unspecified atom stereocenters. The van der Waals surface area contributed by atoms with Crippen LogP contribution in [0.1, 0.15) is 27.7 Å². The summed E-state index contributed by atoms with van der Waals surface area (Å²) in [4.78, 5) is 16.0. The maximum absolute atomic E-state index is 11.5. The molecule has 0 amide bonds. The van der Waals surface area contributed by atoms with Gasteiger partial charge < -0.3 is 4.84 Å². The molecular formula is C9H17NO2. The Morgan fingerprint density at radius 1 is 1.50 bits per heavy atom. The Kier molecular flexibility index (Phi) is 3.93. The molecule has 0 saturated heterocycles. The van der Waals surface area contributed by atoms with E-state index in [0.29, 0.717) is 0 Å². The van der Waals surface area contributed by atoms with Crippen LogP contribution in [0.5, 0.6) is 0 Å². The molecule has 3 nitrogen and oxygen atoms in total. The van der Waals surface area contributed by atoms with Gasteiger partial charge in [0.1, 0.15) is 12.9 Å². The van der Waals surface area contributed by atoms with E-state index in [1.807, 2.05) is 27.7 Å². The fraction of sp³-hybridized carbons (Fsp3) is 0.778. The fourth-order valence-corrected chi connectivity index (χ4v) is 0.992. The van der Waals surface area contributed by atoms with Crippen molar-refractivity contribution < 1.29 is 9.63 Å². The second kappa shape index (κ2) is 4.24. The zero-order chi connectivity index (χ0) is 9.78. The average molecular weight is 171 g/mol. The van der Waals surface area contributed by atoms with Gasteiger partial charge in [-0.15, -0.1) is 0 Å². The lowest BCUT2D eigenvalue weighted by Crippen LogP contribution is -2.29. The van der Waals surface area contributed by atoms with Crippen LogP contribution in [-0.4, -0.2) is 19.1 Å². The van der Waals surface area contributed by atoms with Crippen molar-refractivity contribution in [3.63, 3.8) is 0 Å². The first-order valence-electron chi connectivity index (χ1n) is 4.04. The number of oxime groups is 1. The summed E-state index contributed by atoms with van der Waals surface area (Å²) >= 11 is 0. The molecule has 0 bridgehead atoms. The highest BCUT2D eigenvalue weighted by atomic mass is 16.6. The molecule has 0 fully saturated rings. The summed E-state index contributed by atoms with van der Waals surface area (Å²) in [5, 5.41) is 3.60. The van der Waals surface area contributed by atoms with Gasteiger partial charge in [-0.05, 0) is 13.8 Å². The van der Waals surface area contributed by atoms with E-state index in [1.165, 1.54) is 13.3 Å². The maximum Gasteiger partial charge on any atom is 0.146 e. The van der Waals surface area contributed by atoms with E-state index in [0.717, 1.165) is 0 Å². The normalized spacial score (nSPS) is 12.5. The number of rotatable bonds is 4. The molecular weight excluding hydrogens is 154 g/mol. The van der Waals surface area contributed by atoms with Crippen LogP contribution in [-0.2, 0) is 9.63 Å². The third-order valence-corrected chi connectivity index (χ3v) is 1.64. The number of Topliss-reactive ketones (excluding diaryl/α,β-unsaturated/α-hetero) is 1. The fourth-order valence-electron chi connectivity index (χ4n) is 0.992. The molecule has 0 atom stereocenters. The van der Waals surface area contributed by atoms with Crippen LogP contribution >= 0.6 is 0 Å². The van der Waals surface area contributed by atoms with Crippen molar-refractivity contribution >= 4 is 12.0 Å². The van der Waals surface area contributed by atoms with Gasteiger partial charge in [-0.3, -0.25) is 4.79 Å². The van der Waals surface area contributed by atoms with E-state index in [4.69, 9.17) is 0 Å². The van der Waals surface area contributed by atoms with Crippen molar-refractivity contribution in [3.8, 4) is 0 Å². The molecule has 0 aliphatic rings. The summed E-state index contributed by atoms with van der Waals surface area (Å²) in [5.41, 5.74) is -0.524. The highest BCUT2D eigenvalue weighted by Crippen LogP contribution is 2.18. The number of carbonyl (C=O) groups excluding carboxylic acids is 1. The van der Waals surface area contributed by atoms with Gasteiger partial charge in [-0.2, -0.15) is 0 Å². The largest absolute Gasteiger partial charge is 0.399 e. The first kappa shape index (κ1) is 11.1. The van der Waals surface area contributed by atoms with Gasteiger partial charge in [0.25, 0.3) is 0 Å². The van der Waals surface area contributed by atoms with E-state index in [2.05, 4.69) is 9.99 Å². The molecule has 0 N–H and O–H groups in total. The molecule has 0 spiro atoms. The Morgan fingerprint density at radius 2 is 2.00 bits per heavy atom. The van der Waals surface area contributed by atoms with E-state index in [1.54, 1.807) is 0 Å². The number of hydrogen-bond acceptors (Lipinski definition) is 3. The lowest BCUT2D eigenvalue weighted by molar-refractivity contribution is -0.126. The highest BCUT2D eigenvalue weighted by Gasteiger charge is 2.27. The van der Waals surface area contributed by atoms with Crippen molar-refractivity contribution in [1.82, 2.24) is 0 Å². The van der Waals surface area contributed by atoms with Crippen LogP contribution in [0.15, 0.2) is 5.16 Å². The quantitative estimate of drug-likeness (QED) is 0.478. The van der Waals surface area contributed by atoms with Crippen LogP contribution in [0.3, 0.4) is 0 Å². The van der Waals surface area contributed by atoms with Crippen LogP contribution < -0.4 is 0 Å². The molecule has 0 radical (unpaired) electrons. The van der Waals surface area contributed by atoms with Crippen LogP contribution in [0.4, 0.5) is 0 Å². The van der Waals surface area contributed by atoms with Crippen molar-refractivity contribution in [2.24, 2.45) is 16.5 Å². The van der Waals surface area contributed by atoms with Gasteiger partial charge in [0.2, 0.25) is 0 Å². The third-order valence-electron chi connectivity index (χ3n) is 1.64. The molecule has 70 valence electrons. The number of hydrogen-bond donors (Lipinski definition) is 0. The first-order valence-corrected chi connectivity index (χ1v) is 4.04. The molecule has 0 aliphatic heterocycles. The molecule has 0 aromatic carbocycles. The topological polar surface area (TPSA) is 38.7 Å². The summed E-state index contributed by atoms with van der Waals surface area (Å²) in [6.45, 7) is 7.42. The number of ketones is 1. The lowest BCUT2D eigenvalue weighted by atomic mass is 9.84. The Morgan fingerprint density at radius 3 is 2.33 bits per heavy atom. The van der Waals surface area contributed by atoms with E-state index in [-0.39, 0.29) is 11.7 Å². The molecule has 0 aromatic heterocycles. The zero-order valence-corrected chi connectivity index (χ0v) is 8.42. The molecule has 0 aromatic rings. The monoisotopic (exact) mass is 171 g/mol. The molecule has 12 heavy (non-hydrogen) atoms. The minimum absolute atomic E-state index is 0.0308. The molecule has 0 rings (SSSR count). The predicted octanol–water partition coefficient (Wildman–Crippen LogP) is 1.87. The van der Waals surface area contributed by atoms with Crippen molar-refractivity contribution in [1.29, 1.82) is 0 Å². The first-order chi connectivity index (χ1) is 5.41. The zero-order valence-electron chi connectivity index (χ0n) is 8.42. The van der Waals surface area contributed by atoms with Gasteiger partial charge in [-0.25, -0.2) is 0 Å². The Bertz CT molecular complexity index is 183. The summed E-state index contributed by atoms with van der Waals surface area (Å²) < 4.78 is 0. The van der Waals surface area contributed by atoms with Crippen LogP contribution in [0, 0.1) is 11.3 Å². The number of nitrogens with zero attached hydrogens (tertiary/aromatic N) is 1.